The van der Waals surface area contributed by atoms with Crippen molar-refractivity contribution < 1.29 is 4.79 Å². The first-order valence-electron chi connectivity index (χ1n) is 8.21. The van der Waals surface area contributed by atoms with Crippen LogP contribution >= 0.6 is 12.4 Å². The minimum atomic E-state index is -0.268. The van der Waals surface area contributed by atoms with Gasteiger partial charge >= 0.3 is 5.69 Å². The number of carbonyl (C=O) groups is 1. The van der Waals surface area contributed by atoms with Crippen LogP contribution in [-0.2, 0) is 11.3 Å². The lowest BCUT2D eigenvalue weighted by molar-refractivity contribution is -0.133. The highest BCUT2D eigenvalue weighted by Crippen LogP contribution is 2.16. The molecule has 0 bridgehead atoms. The summed E-state index contributed by atoms with van der Waals surface area (Å²) in [6, 6.07) is 5.36. The van der Waals surface area contributed by atoms with E-state index in [1.807, 2.05) is 11.0 Å². The summed E-state index contributed by atoms with van der Waals surface area (Å²) < 4.78 is 2.71. The van der Waals surface area contributed by atoms with Crippen LogP contribution in [0.5, 0.6) is 0 Å². The molecule has 2 aromatic heterocycles. The number of likely N-dealkylation sites (tertiary alicyclic amines) is 1. The molecule has 1 fully saturated rings. The maximum Gasteiger partial charge on any atom is 0.350 e. The molecule has 1 amide bonds. The minimum absolute atomic E-state index is 0. The summed E-state index contributed by atoms with van der Waals surface area (Å²) in [5.41, 5.74) is 0.297. The molecule has 0 spiro atoms. The zero-order chi connectivity index (χ0) is 16.2. The van der Waals surface area contributed by atoms with Gasteiger partial charge in [-0.3, -0.25) is 9.20 Å². The molecule has 2 aromatic rings. The van der Waals surface area contributed by atoms with Gasteiger partial charge < -0.3 is 10.2 Å². The van der Waals surface area contributed by atoms with Crippen molar-refractivity contribution in [2.45, 2.75) is 26.3 Å². The van der Waals surface area contributed by atoms with Crippen molar-refractivity contribution in [3.63, 3.8) is 0 Å². The summed E-state index contributed by atoms with van der Waals surface area (Å²) in [5.74, 6) is 0.606. The Balaban J connectivity index is 0.00000208. The van der Waals surface area contributed by atoms with Crippen molar-refractivity contribution in [2.24, 2.45) is 5.92 Å². The third-order valence-electron chi connectivity index (χ3n) is 4.42. The van der Waals surface area contributed by atoms with E-state index < -0.39 is 0 Å². The number of carbonyl (C=O) groups excluding carboxylic acids is 1. The zero-order valence-electron chi connectivity index (χ0n) is 13.9. The van der Waals surface area contributed by atoms with Gasteiger partial charge in [-0.2, -0.15) is 0 Å². The SMILES string of the molecule is CCNCC1CCN(C(=O)Cn2nc3ccccn3c2=O)CC1.Cl. The summed E-state index contributed by atoms with van der Waals surface area (Å²) in [7, 11) is 0. The Morgan fingerprint density at radius 2 is 2.08 bits per heavy atom. The average molecular weight is 354 g/mol. The number of rotatable bonds is 5. The molecule has 0 aromatic carbocycles. The van der Waals surface area contributed by atoms with Crippen molar-refractivity contribution in [3.05, 3.63) is 34.9 Å². The maximum absolute atomic E-state index is 12.4. The van der Waals surface area contributed by atoms with Crippen molar-refractivity contribution >= 4 is 24.0 Å². The van der Waals surface area contributed by atoms with Crippen molar-refractivity contribution in [1.82, 2.24) is 24.4 Å². The summed E-state index contributed by atoms with van der Waals surface area (Å²) in [4.78, 5) is 26.5. The van der Waals surface area contributed by atoms with Gasteiger partial charge in [-0.05, 0) is 44.0 Å². The van der Waals surface area contributed by atoms with Gasteiger partial charge in [0.05, 0.1) is 0 Å². The van der Waals surface area contributed by atoms with Crippen LogP contribution in [0, 0.1) is 5.92 Å². The van der Waals surface area contributed by atoms with Crippen molar-refractivity contribution in [1.29, 1.82) is 0 Å². The van der Waals surface area contributed by atoms with Gasteiger partial charge in [0.2, 0.25) is 5.91 Å². The molecule has 3 rings (SSSR count). The van der Waals surface area contributed by atoms with Crippen LogP contribution < -0.4 is 11.0 Å². The Kier molecular flexibility index (Phi) is 6.39. The topological polar surface area (TPSA) is 71.6 Å². The van der Waals surface area contributed by atoms with E-state index in [1.54, 1.807) is 18.3 Å². The number of fused-ring (bicyclic) bond motifs is 1. The molecule has 0 atom stereocenters. The second-order valence-electron chi connectivity index (χ2n) is 6.00. The zero-order valence-corrected chi connectivity index (χ0v) is 14.7. The molecule has 1 aliphatic rings. The molecule has 1 aliphatic heterocycles. The maximum atomic E-state index is 12.4. The highest BCUT2D eigenvalue weighted by atomic mass is 35.5. The predicted octanol–water partition coefficient (Wildman–Crippen LogP) is 0.766. The van der Waals surface area contributed by atoms with E-state index in [4.69, 9.17) is 0 Å². The smallest absolute Gasteiger partial charge is 0.341 e. The Morgan fingerprint density at radius 3 is 2.75 bits per heavy atom. The van der Waals surface area contributed by atoms with Crippen molar-refractivity contribution in [2.75, 3.05) is 26.2 Å². The van der Waals surface area contributed by atoms with E-state index in [1.165, 1.54) is 9.08 Å². The predicted molar refractivity (Wildman–Crippen MR) is 94.5 cm³/mol. The molecule has 132 valence electrons. The number of hydrogen-bond donors (Lipinski definition) is 1. The molecule has 0 radical (unpaired) electrons. The monoisotopic (exact) mass is 353 g/mol. The molecule has 1 saturated heterocycles. The first kappa shape index (κ1) is 18.5. The molecule has 8 heteroatoms. The van der Waals surface area contributed by atoms with Crippen LogP contribution in [0.4, 0.5) is 0 Å². The molecular weight excluding hydrogens is 330 g/mol. The highest BCUT2D eigenvalue weighted by molar-refractivity contribution is 5.85. The van der Waals surface area contributed by atoms with E-state index in [0.29, 0.717) is 11.6 Å². The molecule has 3 heterocycles. The van der Waals surface area contributed by atoms with Gasteiger partial charge in [0, 0.05) is 19.3 Å². The summed E-state index contributed by atoms with van der Waals surface area (Å²) in [5, 5.41) is 7.57. The Labute approximate surface area is 147 Å². The quantitative estimate of drug-likeness (QED) is 0.861. The number of pyridine rings is 1. The number of nitrogens with one attached hydrogen (secondary N) is 1. The average Bonchev–Trinajstić information content (AvgIpc) is 2.90. The van der Waals surface area contributed by atoms with Crippen LogP contribution in [0.3, 0.4) is 0 Å². The lowest BCUT2D eigenvalue weighted by Crippen LogP contribution is -2.43. The second kappa shape index (κ2) is 8.30. The molecule has 24 heavy (non-hydrogen) atoms. The van der Waals surface area contributed by atoms with Crippen LogP contribution in [-0.4, -0.2) is 51.2 Å². The second-order valence-corrected chi connectivity index (χ2v) is 6.00. The first-order valence-corrected chi connectivity index (χ1v) is 8.21. The fourth-order valence-corrected chi connectivity index (χ4v) is 3.03. The summed E-state index contributed by atoms with van der Waals surface area (Å²) >= 11 is 0. The lowest BCUT2D eigenvalue weighted by atomic mass is 9.97. The lowest BCUT2D eigenvalue weighted by Gasteiger charge is -2.32. The third kappa shape index (κ3) is 3.96. The van der Waals surface area contributed by atoms with Gasteiger partial charge in [0.1, 0.15) is 6.54 Å². The molecule has 0 unspecified atom stereocenters. The van der Waals surface area contributed by atoms with Crippen molar-refractivity contribution in [3.8, 4) is 0 Å². The Morgan fingerprint density at radius 1 is 1.33 bits per heavy atom. The van der Waals surface area contributed by atoms with Gasteiger partial charge in [0.25, 0.3) is 0 Å². The van der Waals surface area contributed by atoms with Crippen LogP contribution in [0.15, 0.2) is 29.2 Å². The number of nitrogens with zero attached hydrogens (tertiary/aromatic N) is 4. The normalized spacial score (nSPS) is 15.5. The van der Waals surface area contributed by atoms with Crippen LogP contribution in [0.1, 0.15) is 19.8 Å². The molecule has 0 aliphatic carbocycles. The van der Waals surface area contributed by atoms with Gasteiger partial charge in [-0.1, -0.05) is 13.0 Å². The van der Waals surface area contributed by atoms with Gasteiger partial charge in [-0.15, -0.1) is 17.5 Å². The highest BCUT2D eigenvalue weighted by Gasteiger charge is 2.23. The fourth-order valence-electron chi connectivity index (χ4n) is 3.03. The van der Waals surface area contributed by atoms with Crippen LogP contribution in [0.2, 0.25) is 0 Å². The van der Waals surface area contributed by atoms with Gasteiger partial charge in [0.15, 0.2) is 5.65 Å². The number of halogens is 1. The number of aromatic nitrogens is 3. The molecular formula is C16H24ClN5O2. The van der Waals surface area contributed by atoms with E-state index in [2.05, 4.69) is 17.3 Å². The Bertz CT molecular complexity index is 733. The summed E-state index contributed by atoms with van der Waals surface area (Å²) in [6.45, 7) is 5.64. The largest absolute Gasteiger partial charge is 0.350 e. The fraction of sp³-hybridized carbons (Fsp3) is 0.562. The molecule has 1 N–H and O–H groups in total. The van der Waals surface area contributed by atoms with Crippen LogP contribution in [0.25, 0.3) is 5.65 Å². The minimum Gasteiger partial charge on any atom is -0.341 e. The number of amides is 1. The number of piperidine rings is 1. The Hall–Kier alpha value is -1.86. The first-order chi connectivity index (χ1) is 11.2. The molecule has 7 nitrogen and oxygen atoms in total. The standard InChI is InChI=1S/C16H23N5O2.ClH/c1-2-17-11-13-6-9-19(10-7-13)15(22)12-21-16(23)20-8-4-3-5-14(20)18-21;/h3-5,8,13,17H,2,6-7,9-12H2,1H3;1H. The number of hydrogen-bond acceptors (Lipinski definition) is 4. The van der Waals surface area contributed by atoms with E-state index in [9.17, 15) is 9.59 Å². The molecule has 0 saturated carbocycles. The van der Waals surface area contributed by atoms with Gasteiger partial charge in [-0.25, -0.2) is 9.48 Å². The van der Waals surface area contributed by atoms with E-state index in [0.717, 1.165) is 39.0 Å². The summed E-state index contributed by atoms with van der Waals surface area (Å²) in [6.07, 6.45) is 3.69. The van der Waals surface area contributed by atoms with E-state index in [-0.39, 0.29) is 30.5 Å². The third-order valence-corrected chi connectivity index (χ3v) is 4.42. The van der Waals surface area contributed by atoms with E-state index >= 15 is 0 Å².